The molecule has 1 saturated carbocycles. The highest BCUT2D eigenvalue weighted by Crippen LogP contribution is 2.33. The average Bonchev–Trinajstić information content (AvgIpc) is 3.96. The lowest BCUT2D eigenvalue weighted by Crippen LogP contribution is -2.48. The molecule has 0 bridgehead atoms. The number of H-pyrrole nitrogens is 2. The number of amides is 2. The van der Waals surface area contributed by atoms with E-state index in [1.165, 1.54) is 73.5 Å². The van der Waals surface area contributed by atoms with Gasteiger partial charge in [-0.2, -0.15) is 30.8 Å². The zero-order valence-corrected chi connectivity index (χ0v) is 40.2. The summed E-state index contributed by atoms with van der Waals surface area (Å²) in [6, 6.07) is 33.6. The minimum atomic E-state index is -0.397. The first kappa shape index (κ1) is 48.3. The molecule has 2 amide bonds. The maximum absolute atomic E-state index is 15.1. The summed E-state index contributed by atoms with van der Waals surface area (Å²) in [5.74, 6) is -1.92. The van der Waals surface area contributed by atoms with Gasteiger partial charge in [0.05, 0.1) is 0 Å². The number of hydrogen-bond acceptors (Lipinski definition) is 8. The van der Waals surface area contributed by atoms with Crippen molar-refractivity contribution in [3.63, 3.8) is 0 Å². The van der Waals surface area contributed by atoms with E-state index in [1.54, 1.807) is 34.1 Å². The lowest BCUT2D eigenvalue weighted by atomic mass is 9.98. The van der Waals surface area contributed by atoms with E-state index in [-0.39, 0.29) is 48.6 Å². The van der Waals surface area contributed by atoms with Crippen molar-refractivity contribution in [1.82, 2.24) is 50.4 Å². The van der Waals surface area contributed by atoms with Crippen molar-refractivity contribution >= 4 is 33.9 Å². The number of carbonyl (C=O) groups excluding carboxylic acids is 2. The number of aromatic amines is 2. The quantitative estimate of drug-likeness (QED) is 0.116. The molecule has 2 aromatic heterocycles. The fourth-order valence-electron chi connectivity index (χ4n) is 10.1. The lowest BCUT2D eigenvalue weighted by Gasteiger charge is -2.40. The molecule has 16 heteroatoms. The van der Waals surface area contributed by atoms with Crippen molar-refractivity contribution in [2.45, 2.75) is 89.6 Å². The van der Waals surface area contributed by atoms with Crippen LogP contribution in [0.5, 0.6) is 0 Å². The van der Waals surface area contributed by atoms with Gasteiger partial charge in [0.25, 0.3) is 11.8 Å². The molecule has 3 fully saturated rings. The third-order valence-electron chi connectivity index (χ3n) is 14.4. The standard InChI is InChI=1S/C28H27F2N5O.C28H29F2N5O/c29-22-5-1-18(2-6-22)28(36)35(24-11-13-34(14-12-24)23-7-8-23)17-21-15-19(3-9-25(21)30)20-4-10-26-27(16-20)32-33-31-26;1-18(2)34-13-11-24(12-14-34)35(28(36)19-3-7-23(29)8-4-19)17-22-15-20(5-9-25(22)30)21-6-10-26-27(16-21)32-33-31-26/h1-6,9-10,15-16,23-24H,7-8,11-14,17H2,(H,31,32,33);3-10,15-16,18,24H,11-14,17H2,1-2H3,(H,31,32,33). The van der Waals surface area contributed by atoms with Gasteiger partial charge in [-0.1, -0.05) is 24.3 Å². The fraction of sp³-hybridized carbons (Fsp3) is 0.321. The Morgan fingerprint density at radius 3 is 1.32 bits per heavy atom. The third-order valence-corrected chi connectivity index (χ3v) is 14.4. The summed E-state index contributed by atoms with van der Waals surface area (Å²) in [4.78, 5) is 35.6. The van der Waals surface area contributed by atoms with E-state index in [9.17, 15) is 18.4 Å². The van der Waals surface area contributed by atoms with Crippen molar-refractivity contribution in [2.75, 3.05) is 26.2 Å². The first-order valence-corrected chi connectivity index (χ1v) is 24.7. The zero-order chi connectivity index (χ0) is 49.9. The number of nitrogens with zero attached hydrogens (tertiary/aromatic N) is 8. The van der Waals surface area contributed by atoms with E-state index in [4.69, 9.17) is 0 Å². The Labute approximate surface area is 415 Å². The van der Waals surface area contributed by atoms with Gasteiger partial charge in [-0.15, -0.1) is 0 Å². The molecule has 1 aliphatic carbocycles. The molecule has 8 aromatic rings. The number of fused-ring (bicyclic) bond motifs is 2. The Morgan fingerprint density at radius 2 is 0.903 bits per heavy atom. The van der Waals surface area contributed by atoms with Crippen LogP contribution in [-0.4, -0.2) is 113 Å². The van der Waals surface area contributed by atoms with Gasteiger partial charge >= 0.3 is 0 Å². The van der Waals surface area contributed by atoms with Gasteiger partial charge in [-0.3, -0.25) is 9.59 Å². The smallest absolute Gasteiger partial charge is 0.254 e. The largest absolute Gasteiger partial charge is 0.331 e. The maximum atomic E-state index is 15.1. The number of aromatic nitrogens is 6. The van der Waals surface area contributed by atoms with Crippen LogP contribution < -0.4 is 0 Å². The average molecular weight is 977 g/mol. The van der Waals surface area contributed by atoms with Crippen LogP contribution in [0.2, 0.25) is 0 Å². The zero-order valence-electron chi connectivity index (χ0n) is 40.2. The summed E-state index contributed by atoms with van der Waals surface area (Å²) in [5.41, 5.74) is 8.13. The third kappa shape index (κ3) is 10.9. The van der Waals surface area contributed by atoms with Crippen molar-refractivity contribution in [3.8, 4) is 22.3 Å². The Bertz CT molecular complexity index is 2970. The molecule has 370 valence electrons. The summed E-state index contributed by atoms with van der Waals surface area (Å²) >= 11 is 0. The van der Waals surface area contributed by atoms with Crippen LogP contribution in [0.4, 0.5) is 17.6 Å². The predicted molar refractivity (Wildman–Crippen MR) is 268 cm³/mol. The SMILES string of the molecule is CC(C)N1CCC(N(Cc2cc(-c3ccc4n[nH]nc4c3)ccc2F)C(=O)c2ccc(F)cc2)CC1.O=C(c1ccc(F)cc1)N(Cc1cc(-c2ccc3n[nH]nc3c2)ccc1F)C1CCN(C2CC2)CC1. The number of likely N-dealkylation sites (tertiary alicyclic amines) is 2. The first-order valence-electron chi connectivity index (χ1n) is 24.7. The van der Waals surface area contributed by atoms with Crippen LogP contribution in [0, 0.1) is 23.3 Å². The van der Waals surface area contributed by atoms with Gasteiger partial charge in [0.15, 0.2) is 0 Å². The minimum absolute atomic E-state index is 0.00732. The van der Waals surface area contributed by atoms with Crippen LogP contribution in [0.3, 0.4) is 0 Å². The molecule has 2 N–H and O–H groups in total. The molecule has 0 unspecified atom stereocenters. The monoisotopic (exact) mass is 976 g/mol. The fourth-order valence-corrected chi connectivity index (χ4v) is 10.1. The maximum Gasteiger partial charge on any atom is 0.254 e. The molecule has 0 atom stereocenters. The number of benzene rings is 6. The summed E-state index contributed by atoms with van der Waals surface area (Å²) in [5, 5.41) is 21.7. The molecule has 2 aliphatic heterocycles. The minimum Gasteiger partial charge on any atom is -0.331 e. The predicted octanol–water partition coefficient (Wildman–Crippen LogP) is 10.6. The van der Waals surface area contributed by atoms with Gasteiger partial charge in [0.1, 0.15) is 45.3 Å². The lowest BCUT2D eigenvalue weighted by molar-refractivity contribution is 0.0515. The van der Waals surface area contributed by atoms with Crippen molar-refractivity contribution < 1.29 is 27.2 Å². The van der Waals surface area contributed by atoms with Crippen LogP contribution in [0.1, 0.15) is 84.2 Å². The second-order valence-corrected chi connectivity index (χ2v) is 19.4. The molecular weight excluding hydrogens is 921 g/mol. The Morgan fingerprint density at radius 1 is 0.514 bits per heavy atom. The normalized spacial score (nSPS) is 16.0. The number of carbonyl (C=O) groups is 2. The van der Waals surface area contributed by atoms with Crippen molar-refractivity contribution in [2.24, 2.45) is 0 Å². The van der Waals surface area contributed by atoms with Crippen LogP contribution in [0.25, 0.3) is 44.3 Å². The second-order valence-electron chi connectivity index (χ2n) is 19.4. The summed E-state index contributed by atoms with van der Waals surface area (Å²) < 4.78 is 57.2. The van der Waals surface area contributed by atoms with Crippen molar-refractivity contribution in [3.05, 3.63) is 167 Å². The Balaban J connectivity index is 0.000000166. The number of piperidine rings is 2. The molecule has 2 saturated heterocycles. The van der Waals surface area contributed by atoms with Gasteiger partial charge in [0, 0.05) is 85.7 Å². The molecule has 0 spiro atoms. The molecule has 4 heterocycles. The number of nitrogens with one attached hydrogen (secondary N) is 2. The molecule has 6 aromatic carbocycles. The Kier molecular flexibility index (Phi) is 14.2. The number of rotatable bonds is 12. The van der Waals surface area contributed by atoms with E-state index >= 15 is 8.78 Å². The van der Waals surface area contributed by atoms with Crippen LogP contribution in [0.15, 0.2) is 121 Å². The van der Waals surface area contributed by atoms with E-state index in [1.807, 2.05) is 36.4 Å². The molecule has 11 rings (SSSR count). The molecule has 3 aliphatic rings. The number of hydrogen-bond donors (Lipinski definition) is 2. The summed E-state index contributed by atoms with van der Waals surface area (Å²) in [6.45, 7) is 8.22. The summed E-state index contributed by atoms with van der Waals surface area (Å²) in [7, 11) is 0. The van der Waals surface area contributed by atoms with E-state index < -0.39 is 11.6 Å². The molecule has 12 nitrogen and oxygen atoms in total. The highest BCUT2D eigenvalue weighted by molar-refractivity contribution is 5.95. The second kappa shape index (κ2) is 21.2. The van der Waals surface area contributed by atoms with Crippen molar-refractivity contribution in [1.29, 1.82) is 0 Å². The van der Waals surface area contributed by atoms with Crippen LogP contribution >= 0.6 is 0 Å². The number of halogens is 4. The molecular formula is C56H56F4N10O2. The first-order chi connectivity index (χ1) is 34.9. The summed E-state index contributed by atoms with van der Waals surface area (Å²) in [6.07, 6.45) is 5.79. The highest BCUT2D eigenvalue weighted by Gasteiger charge is 2.35. The van der Waals surface area contributed by atoms with Gasteiger partial charge in [-0.05, 0) is 172 Å². The van der Waals surface area contributed by atoms with E-state index in [2.05, 4.69) is 54.5 Å². The van der Waals surface area contributed by atoms with Gasteiger partial charge in [0.2, 0.25) is 0 Å². The van der Waals surface area contributed by atoms with E-state index in [0.29, 0.717) is 34.3 Å². The Hall–Kier alpha value is -7.30. The van der Waals surface area contributed by atoms with Crippen LogP contribution in [-0.2, 0) is 13.1 Å². The highest BCUT2D eigenvalue weighted by atomic mass is 19.1. The topological polar surface area (TPSA) is 130 Å². The van der Waals surface area contributed by atoms with Gasteiger partial charge < -0.3 is 19.6 Å². The molecule has 0 radical (unpaired) electrons. The molecule has 72 heavy (non-hydrogen) atoms. The van der Waals surface area contributed by atoms with E-state index in [0.717, 1.165) is 96.2 Å². The van der Waals surface area contributed by atoms with Gasteiger partial charge in [-0.25, -0.2) is 17.6 Å².